The van der Waals surface area contributed by atoms with Crippen molar-refractivity contribution in [2.24, 2.45) is 5.92 Å². The van der Waals surface area contributed by atoms with E-state index in [0.717, 1.165) is 0 Å². The van der Waals surface area contributed by atoms with E-state index in [4.69, 9.17) is 16.7 Å². The summed E-state index contributed by atoms with van der Waals surface area (Å²) in [5.41, 5.74) is 0. The number of hydrogen-bond donors (Lipinski definition) is 2. The van der Waals surface area contributed by atoms with Gasteiger partial charge >= 0.3 is 5.97 Å². The molecule has 0 saturated heterocycles. The molecule has 19 heavy (non-hydrogen) atoms. The van der Waals surface area contributed by atoms with Gasteiger partial charge in [-0.1, -0.05) is 35.9 Å². The molecule has 0 aromatic heterocycles. The molecule has 0 spiro atoms. The van der Waals surface area contributed by atoms with Gasteiger partial charge in [-0.3, -0.25) is 4.79 Å². The molecule has 2 atom stereocenters. The first-order valence-corrected chi connectivity index (χ1v) is 7.44. The monoisotopic (exact) mass is 301 g/mol. The third kappa shape index (κ3) is 3.15. The van der Waals surface area contributed by atoms with Gasteiger partial charge in [0.2, 0.25) is 10.0 Å². The van der Waals surface area contributed by atoms with Crippen LogP contribution in [0.5, 0.6) is 0 Å². The first kappa shape index (κ1) is 14.0. The topological polar surface area (TPSA) is 83.5 Å². The summed E-state index contributed by atoms with van der Waals surface area (Å²) in [6, 6.07) is 5.57. The van der Waals surface area contributed by atoms with Gasteiger partial charge < -0.3 is 5.11 Å². The second-order valence-corrected chi connectivity index (χ2v) is 6.31. The lowest BCUT2D eigenvalue weighted by Gasteiger charge is -2.13. The smallest absolute Gasteiger partial charge is 0.310 e. The van der Waals surface area contributed by atoms with Crippen molar-refractivity contribution in [1.82, 2.24) is 4.72 Å². The average molecular weight is 302 g/mol. The maximum Gasteiger partial charge on any atom is 0.310 e. The van der Waals surface area contributed by atoms with Crippen LogP contribution < -0.4 is 4.72 Å². The van der Waals surface area contributed by atoms with Crippen molar-refractivity contribution in [3.63, 3.8) is 0 Å². The Hall–Kier alpha value is -1.37. The Kier molecular flexibility index (Phi) is 3.93. The van der Waals surface area contributed by atoms with Crippen LogP contribution in [-0.4, -0.2) is 25.5 Å². The summed E-state index contributed by atoms with van der Waals surface area (Å²) in [7, 11) is -3.75. The molecule has 1 aromatic carbocycles. The third-order valence-electron chi connectivity index (χ3n) is 2.83. The highest BCUT2D eigenvalue weighted by Gasteiger charge is 2.28. The Morgan fingerprint density at radius 3 is 2.58 bits per heavy atom. The molecule has 5 nitrogen and oxygen atoms in total. The number of halogens is 1. The van der Waals surface area contributed by atoms with E-state index in [9.17, 15) is 13.2 Å². The average Bonchev–Trinajstić information content (AvgIpc) is 2.77. The van der Waals surface area contributed by atoms with Crippen LogP contribution >= 0.6 is 11.6 Å². The molecule has 1 aromatic rings. The highest BCUT2D eigenvalue weighted by molar-refractivity contribution is 7.89. The van der Waals surface area contributed by atoms with Crippen molar-refractivity contribution in [2.45, 2.75) is 17.4 Å². The highest BCUT2D eigenvalue weighted by Crippen LogP contribution is 2.23. The molecule has 0 fully saturated rings. The Morgan fingerprint density at radius 2 is 2.00 bits per heavy atom. The van der Waals surface area contributed by atoms with Crippen LogP contribution in [0.15, 0.2) is 41.3 Å². The van der Waals surface area contributed by atoms with Crippen LogP contribution in [0.25, 0.3) is 0 Å². The minimum absolute atomic E-state index is 0.0103. The molecular weight excluding hydrogens is 290 g/mol. The standard InChI is InChI=1S/C12H12ClNO4S/c13-10-3-1-2-4-11(10)19(17,18)14-9-6-5-8(7-9)12(15)16/h1-6,8-9,14H,7H2,(H,15,16). The van der Waals surface area contributed by atoms with E-state index >= 15 is 0 Å². The van der Waals surface area contributed by atoms with Gasteiger partial charge in [0.1, 0.15) is 4.90 Å². The molecule has 2 rings (SSSR count). The summed E-state index contributed by atoms with van der Waals surface area (Å²) in [6.45, 7) is 0. The zero-order chi connectivity index (χ0) is 14.0. The summed E-state index contributed by atoms with van der Waals surface area (Å²) >= 11 is 5.84. The zero-order valence-corrected chi connectivity index (χ0v) is 11.4. The molecule has 0 heterocycles. The number of rotatable bonds is 4. The van der Waals surface area contributed by atoms with Gasteiger partial charge in [-0.15, -0.1) is 0 Å². The van der Waals surface area contributed by atoms with Gasteiger partial charge in [-0.25, -0.2) is 13.1 Å². The van der Waals surface area contributed by atoms with E-state index in [2.05, 4.69) is 4.72 Å². The Labute approximate surface area is 115 Å². The molecule has 0 amide bonds. The number of carboxylic acid groups (broad SMARTS) is 1. The summed E-state index contributed by atoms with van der Waals surface area (Å²) in [5, 5.41) is 8.97. The quantitative estimate of drug-likeness (QED) is 0.828. The summed E-state index contributed by atoms with van der Waals surface area (Å²) in [6.07, 6.45) is 3.24. The highest BCUT2D eigenvalue weighted by atomic mass is 35.5. The number of carbonyl (C=O) groups is 1. The Morgan fingerprint density at radius 1 is 1.32 bits per heavy atom. The first-order chi connectivity index (χ1) is 8.90. The molecule has 7 heteroatoms. The second kappa shape index (κ2) is 5.32. The van der Waals surface area contributed by atoms with Crippen molar-refractivity contribution >= 4 is 27.6 Å². The fourth-order valence-corrected chi connectivity index (χ4v) is 3.62. The lowest BCUT2D eigenvalue weighted by molar-refractivity contribution is -0.140. The molecule has 0 aliphatic heterocycles. The van der Waals surface area contributed by atoms with E-state index in [0.29, 0.717) is 0 Å². The number of nitrogens with one attached hydrogen (secondary N) is 1. The molecule has 1 aliphatic rings. The molecule has 0 saturated carbocycles. The van der Waals surface area contributed by atoms with Crippen molar-refractivity contribution in [2.75, 3.05) is 0 Å². The van der Waals surface area contributed by atoms with Gasteiger partial charge in [0.15, 0.2) is 0 Å². The van der Waals surface area contributed by atoms with Crippen LogP contribution in [0.4, 0.5) is 0 Å². The zero-order valence-electron chi connectivity index (χ0n) is 9.78. The predicted octanol–water partition coefficient (Wildman–Crippen LogP) is 1.65. The van der Waals surface area contributed by atoms with E-state index in [1.165, 1.54) is 18.2 Å². The van der Waals surface area contributed by atoms with Gasteiger partial charge in [-0.05, 0) is 18.6 Å². The van der Waals surface area contributed by atoms with Crippen molar-refractivity contribution in [1.29, 1.82) is 0 Å². The molecule has 1 aliphatic carbocycles. The van der Waals surface area contributed by atoms with E-state index in [1.54, 1.807) is 18.2 Å². The number of sulfonamides is 1. The SMILES string of the molecule is O=C(O)C1C=CC(NS(=O)(=O)c2ccccc2Cl)C1. The minimum Gasteiger partial charge on any atom is -0.481 e. The van der Waals surface area contributed by atoms with Gasteiger partial charge in [0.25, 0.3) is 0 Å². The van der Waals surface area contributed by atoms with Crippen molar-refractivity contribution in [3.8, 4) is 0 Å². The van der Waals surface area contributed by atoms with Crippen LogP contribution in [0, 0.1) is 5.92 Å². The van der Waals surface area contributed by atoms with Crippen LogP contribution in [0.3, 0.4) is 0 Å². The van der Waals surface area contributed by atoms with Crippen LogP contribution in [0.1, 0.15) is 6.42 Å². The maximum atomic E-state index is 12.1. The number of carboxylic acids is 1. The summed E-state index contributed by atoms with van der Waals surface area (Å²) in [5.74, 6) is -1.62. The second-order valence-electron chi connectivity index (χ2n) is 4.22. The molecule has 0 bridgehead atoms. The van der Waals surface area contributed by atoms with E-state index < -0.39 is 28.0 Å². The Bertz CT molecular complexity index is 626. The number of aliphatic carboxylic acids is 1. The van der Waals surface area contributed by atoms with Gasteiger partial charge in [-0.2, -0.15) is 0 Å². The van der Waals surface area contributed by atoms with Crippen molar-refractivity contribution in [3.05, 3.63) is 41.4 Å². The molecule has 0 radical (unpaired) electrons. The number of benzene rings is 1. The fraction of sp³-hybridized carbons (Fsp3) is 0.250. The first-order valence-electron chi connectivity index (χ1n) is 5.58. The molecular formula is C12H12ClNO4S. The van der Waals surface area contributed by atoms with Crippen LogP contribution in [0.2, 0.25) is 5.02 Å². The maximum absolute atomic E-state index is 12.1. The minimum atomic E-state index is -3.75. The third-order valence-corrected chi connectivity index (χ3v) is 4.82. The van der Waals surface area contributed by atoms with Gasteiger partial charge in [0, 0.05) is 6.04 Å². The van der Waals surface area contributed by atoms with Gasteiger partial charge in [0.05, 0.1) is 10.9 Å². The summed E-state index contributed by atoms with van der Waals surface area (Å²) < 4.78 is 26.7. The molecule has 2 N–H and O–H groups in total. The number of hydrogen-bond acceptors (Lipinski definition) is 3. The fourth-order valence-electron chi connectivity index (χ4n) is 1.89. The summed E-state index contributed by atoms with van der Waals surface area (Å²) in [4.78, 5) is 10.8. The van der Waals surface area contributed by atoms with E-state index in [1.807, 2.05) is 0 Å². The molecule has 102 valence electrons. The predicted molar refractivity (Wildman–Crippen MR) is 70.4 cm³/mol. The normalized spacial score (nSPS) is 22.6. The van der Waals surface area contributed by atoms with Crippen LogP contribution in [-0.2, 0) is 14.8 Å². The Balaban J connectivity index is 2.14. The lowest BCUT2D eigenvalue weighted by Crippen LogP contribution is -2.33. The molecule has 2 unspecified atom stereocenters. The lowest BCUT2D eigenvalue weighted by atomic mass is 10.1. The largest absolute Gasteiger partial charge is 0.481 e. The van der Waals surface area contributed by atoms with Crippen molar-refractivity contribution < 1.29 is 18.3 Å². The van der Waals surface area contributed by atoms with E-state index in [-0.39, 0.29) is 16.3 Å².